The number of aryl methyl sites for hydroxylation is 2. The molecule has 2 N–H and O–H groups in total. The number of aliphatic imine (C=N–C) groups is 1. The summed E-state index contributed by atoms with van der Waals surface area (Å²) in [5.41, 5.74) is 1.13. The molecule has 1 aromatic heterocycles. The van der Waals surface area contributed by atoms with Gasteiger partial charge in [0.25, 0.3) is 0 Å². The van der Waals surface area contributed by atoms with Gasteiger partial charge in [-0.1, -0.05) is 0 Å². The van der Waals surface area contributed by atoms with Crippen molar-refractivity contribution in [3.05, 3.63) is 15.6 Å². The molecule has 0 radical (unpaired) electrons. The maximum atomic E-state index is 4.74. The van der Waals surface area contributed by atoms with Crippen molar-refractivity contribution in [1.82, 2.24) is 20.5 Å². The zero-order valence-corrected chi connectivity index (χ0v) is 15.5. The molecular weight excluding hydrogens is 306 g/mol. The van der Waals surface area contributed by atoms with Crippen LogP contribution in [0.5, 0.6) is 0 Å². The highest BCUT2D eigenvalue weighted by molar-refractivity contribution is 7.11. The Morgan fingerprint density at radius 3 is 2.78 bits per heavy atom. The Morgan fingerprint density at radius 2 is 2.17 bits per heavy atom. The van der Waals surface area contributed by atoms with Crippen molar-refractivity contribution >= 4 is 17.3 Å². The van der Waals surface area contributed by atoms with Crippen LogP contribution in [0, 0.1) is 13.8 Å². The number of nitrogens with zero attached hydrogens (tertiary/aromatic N) is 3. The molecule has 2 fully saturated rings. The van der Waals surface area contributed by atoms with Crippen molar-refractivity contribution in [3.8, 4) is 0 Å². The van der Waals surface area contributed by atoms with Gasteiger partial charge in [-0.05, 0) is 47.0 Å². The minimum absolute atomic E-state index is 0.503. The standard InChI is InChI=1S/C17H29N5S/c1-5-18-17(19-9-16-20-12(3)13(4)23-16)21-14-8-11(2)22(10-14)15-6-7-15/h11,14-15H,5-10H2,1-4H3,(H2,18,19,21). The summed E-state index contributed by atoms with van der Waals surface area (Å²) in [7, 11) is 0. The van der Waals surface area contributed by atoms with Crippen LogP contribution < -0.4 is 10.6 Å². The van der Waals surface area contributed by atoms with Gasteiger partial charge in [-0.2, -0.15) is 0 Å². The van der Waals surface area contributed by atoms with E-state index < -0.39 is 0 Å². The highest BCUT2D eigenvalue weighted by atomic mass is 32.1. The van der Waals surface area contributed by atoms with Crippen LogP contribution >= 0.6 is 11.3 Å². The maximum absolute atomic E-state index is 4.74. The van der Waals surface area contributed by atoms with Crippen LogP contribution in [-0.4, -0.2) is 47.1 Å². The SMILES string of the molecule is CCNC(=NCc1nc(C)c(C)s1)NC1CC(C)N(C2CC2)C1. The minimum Gasteiger partial charge on any atom is -0.357 e. The molecule has 0 aromatic carbocycles. The quantitative estimate of drug-likeness (QED) is 0.641. The van der Waals surface area contributed by atoms with Gasteiger partial charge in [-0.3, -0.25) is 4.90 Å². The highest BCUT2D eigenvalue weighted by Crippen LogP contribution is 2.33. The molecule has 2 unspecified atom stereocenters. The summed E-state index contributed by atoms with van der Waals surface area (Å²) in [4.78, 5) is 13.3. The Bertz CT molecular complexity index is 544. The minimum atomic E-state index is 0.503. The Morgan fingerprint density at radius 1 is 1.39 bits per heavy atom. The third-order valence-corrected chi connectivity index (χ3v) is 5.83. The van der Waals surface area contributed by atoms with Crippen molar-refractivity contribution in [2.45, 2.75) is 71.6 Å². The van der Waals surface area contributed by atoms with E-state index >= 15 is 0 Å². The molecule has 1 aromatic rings. The number of hydrogen-bond donors (Lipinski definition) is 2. The van der Waals surface area contributed by atoms with E-state index in [1.54, 1.807) is 11.3 Å². The van der Waals surface area contributed by atoms with Gasteiger partial charge < -0.3 is 10.6 Å². The molecule has 6 heteroatoms. The first-order valence-electron chi connectivity index (χ1n) is 8.80. The van der Waals surface area contributed by atoms with Crippen molar-refractivity contribution in [3.63, 3.8) is 0 Å². The topological polar surface area (TPSA) is 52.6 Å². The molecule has 1 saturated carbocycles. The molecule has 0 spiro atoms. The van der Waals surface area contributed by atoms with E-state index in [2.05, 4.69) is 48.2 Å². The lowest BCUT2D eigenvalue weighted by Gasteiger charge is -2.20. The fourth-order valence-electron chi connectivity index (χ4n) is 3.34. The first-order chi connectivity index (χ1) is 11.1. The normalized spacial score (nSPS) is 25.8. The van der Waals surface area contributed by atoms with Crippen LogP contribution in [0.25, 0.3) is 0 Å². The maximum Gasteiger partial charge on any atom is 0.191 e. The zero-order valence-electron chi connectivity index (χ0n) is 14.7. The van der Waals surface area contributed by atoms with Crippen LogP contribution in [-0.2, 0) is 6.54 Å². The van der Waals surface area contributed by atoms with E-state index in [4.69, 9.17) is 4.99 Å². The Labute approximate surface area is 143 Å². The molecule has 1 aliphatic heterocycles. The van der Waals surface area contributed by atoms with E-state index in [-0.39, 0.29) is 0 Å². The summed E-state index contributed by atoms with van der Waals surface area (Å²) < 4.78 is 0. The predicted octanol–water partition coefficient (Wildman–Crippen LogP) is 2.44. The van der Waals surface area contributed by atoms with Gasteiger partial charge in [-0.15, -0.1) is 11.3 Å². The van der Waals surface area contributed by atoms with Gasteiger partial charge in [0.05, 0.1) is 12.2 Å². The fourth-order valence-corrected chi connectivity index (χ4v) is 4.20. The summed E-state index contributed by atoms with van der Waals surface area (Å²) in [5.74, 6) is 0.924. The summed E-state index contributed by atoms with van der Waals surface area (Å²) in [6.07, 6.45) is 3.97. The summed E-state index contributed by atoms with van der Waals surface area (Å²) in [5, 5.41) is 8.09. The third-order valence-electron chi connectivity index (χ3n) is 4.77. The Kier molecular flexibility index (Phi) is 5.21. The van der Waals surface area contributed by atoms with E-state index in [0.29, 0.717) is 18.6 Å². The molecule has 1 saturated heterocycles. The van der Waals surface area contributed by atoms with E-state index in [0.717, 1.165) is 35.8 Å². The second kappa shape index (κ2) is 7.18. The van der Waals surface area contributed by atoms with Gasteiger partial charge >= 0.3 is 0 Å². The van der Waals surface area contributed by atoms with Gasteiger partial charge in [-0.25, -0.2) is 9.98 Å². The number of nitrogens with one attached hydrogen (secondary N) is 2. The van der Waals surface area contributed by atoms with Crippen LogP contribution in [0.3, 0.4) is 0 Å². The molecule has 5 nitrogen and oxygen atoms in total. The fraction of sp³-hybridized carbons (Fsp3) is 0.765. The first-order valence-corrected chi connectivity index (χ1v) is 9.62. The van der Waals surface area contributed by atoms with Crippen LogP contribution in [0.4, 0.5) is 0 Å². The highest BCUT2D eigenvalue weighted by Gasteiger charge is 2.38. The summed E-state index contributed by atoms with van der Waals surface area (Å²) in [6.45, 7) is 11.3. The monoisotopic (exact) mass is 335 g/mol. The summed E-state index contributed by atoms with van der Waals surface area (Å²) in [6, 6.07) is 2.04. The molecule has 23 heavy (non-hydrogen) atoms. The number of rotatable bonds is 5. The van der Waals surface area contributed by atoms with Gasteiger partial charge in [0.2, 0.25) is 0 Å². The molecular formula is C17H29N5S. The van der Waals surface area contributed by atoms with Gasteiger partial charge in [0.1, 0.15) is 5.01 Å². The lowest BCUT2D eigenvalue weighted by Crippen LogP contribution is -2.44. The Balaban J connectivity index is 1.58. The molecule has 1 aliphatic carbocycles. The van der Waals surface area contributed by atoms with Gasteiger partial charge in [0.15, 0.2) is 5.96 Å². The molecule has 3 rings (SSSR count). The lowest BCUT2D eigenvalue weighted by atomic mass is 10.2. The lowest BCUT2D eigenvalue weighted by molar-refractivity contribution is 0.256. The second-order valence-corrected chi connectivity index (χ2v) is 8.09. The molecule has 0 amide bonds. The largest absolute Gasteiger partial charge is 0.357 e. The van der Waals surface area contributed by atoms with E-state index in [1.165, 1.54) is 24.1 Å². The zero-order chi connectivity index (χ0) is 16.4. The van der Waals surface area contributed by atoms with Crippen molar-refractivity contribution in [1.29, 1.82) is 0 Å². The first kappa shape index (κ1) is 16.7. The average Bonchev–Trinajstić information content (AvgIpc) is 3.21. The van der Waals surface area contributed by atoms with Gasteiger partial charge in [0, 0.05) is 36.1 Å². The third kappa shape index (κ3) is 4.23. The average molecular weight is 336 g/mol. The molecule has 0 bridgehead atoms. The summed E-state index contributed by atoms with van der Waals surface area (Å²) >= 11 is 1.75. The second-order valence-electron chi connectivity index (χ2n) is 6.80. The van der Waals surface area contributed by atoms with Crippen molar-refractivity contribution in [2.24, 2.45) is 4.99 Å². The number of aromatic nitrogens is 1. The Hall–Kier alpha value is -1.14. The van der Waals surface area contributed by atoms with E-state index in [1.807, 2.05) is 0 Å². The van der Waals surface area contributed by atoms with E-state index in [9.17, 15) is 0 Å². The van der Waals surface area contributed by atoms with Crippen LogP contribution in [0.1, 0.15) is 48.7 Å². The predicted molar refractivity (Wildman–Crippen MR) is 97.1 cm³/mol. The van der Waals surface area contributed by atoms with Crippen molar-refractivity contribution < 1.29 is 0 Å². The molecule has 2 heterocycles. The smallest absolute Gasteiger partial charge is 0.191 e. The van der Waals surface area contributed by atoms with Crippen LogP contribution in [0.2, 0.25) is 0 Å². The van der Waals surface area contributed by atoms with Crippen LogP contribution in [0.15, 0.2) is 4.99 Å². The molecule has 2 aliphatic rings. The number of hydrogen-bond acceptors (Lipinski definition) is 4. The van der Waals surface area contributed by atoms with Crippen molar-refractivity contribution in [2.75, 3.05) is 13.1 Å². The number of likely N-dealkylation sites (tertiary alicyclic amines) is 1. The molecule has 2 atom stereocenters. The number of thiazole rings is 1. The number of guanidine groups is 1. The molecule has 128 valence electrons.